The first-order chi connectivity index (χ1) is 12.4. The molecule has 0 bridgehead atoms. The SMILES string of the molecule is CC(C)c1cc(N2CCc3ccc(Br)cc3C2)nc(NCCN(C)C)n1. The van der Waals surface area contributed by atoms with Gasteiger partial charge in [-0.2, -0.15) is 4.98 Å². The highest BCUT2D eigenvalue weighted by Crippen LogP contribution is 2.28. The van der Waals surface area contributed by atoms with Gasteiger partial charge < -0.3 is 15.1 Å². The predicted molar refractivity (Wildman–Crippen MR) is 112 cm³/mol. The Balaban J connectivity index is 1.83. The van der Waals surface area contributed by atoms with Gasteiger partial charge in [-0.25, -0.2) is 4.98 Å². The second kappa shape index (κ2) is 8.35. The van der Waals surface area contributed by atoms with Gasteiger partial charge in [-0.15, -0.1) is 0 Å². The van der Waals surface area contributed by atoms with Crippen molar-refractivity contribution in [3.63, 3.8) is 0 Å². The highest BCUT2D eigenvalue weighted by molar-refractivity contribution is 9.10. The molecule has 0 fully saturated rings. The molecular formula is C20H28BrN5. The lowest BCUT2D eigenvalue weighted by molar-refractivity contribution is 0.425. The Bertz CT molecular complexity index is 760. The van der Waals surface area contributed by atoms with Gasteiger partial charge in [-0.3, -0.25) is 0 Å². The number of nitrogens with zero attached hydrogens (tertiary/aromatic N) is 4. The lowest BCUT2D eigenvalue weighted by Gasteiger charge is -2.30. The van der Waals surface area contributed by atoms with Crippen molar-refractivity contribution in [2.45, 2.75) is 32.7 Å². The number of hydrogen-bond donors (Lipinski definition) is 1. The molecule has 0 saturated carbocycles. The molecule has 1 aromatic heterocycles. The Morgan fingerprint density at radius 3 is 2.73 bits per heavy atom. The molecule has 140 valence electrons. The fourth-order valence-corrected chi connectivity index (χ4v) is 3.51. The van der Waals surface area contributed by atoms with E-state index in [0.29, 0.717) is 5.92 Å². The molecule has 5 nitrogen and oxygen atoms in total. The van der Waals surface area contributed by atoms with E-state index in [1.807, 2.05) is 0 Å². The summed E-state index contributed by atoms with van der Waals surface area (Å²) in [6.45, 7) is 8.02. The molecule has 0 spiro atoms. The third-order valence-electron chi connectivity index (χ3n) is 4.67. The van der Waals surface area contributed by atoms with Gasteiger partial charge in [-0.05, 0) is 49.7 Å². The Morgan fingerprint density at radius 1 is 1.19 bits per heavy atom. The smallest absolute Gasteiger partial charge is 0.224 e. The summed E-state index contributed by atoms with van der Waals surface area (Å²) in [5.74, 6) is 2.12. The molecule has 1 aromatic carbocycles. The van der Waals surface area contributed by atoms with Crippen molar-refractivity contribution in [1.29, 1.82) is 0 Å². The number of benzene rings is 1. The largest absolute Gasteiger partial charge is 0.353 e. The molecule has 6 heteroatoms. The molecule has 26 heavy (non-hydrogen) atoms. The zero-order chi connectivity index (χ0) is 18.7. The number of nitrogens with one attached hydrogen (secondary N) is 1. The maximum atomic E-state index is 4.81. The topological polar surface area (TPSA) is 44.3 Å². The van der Waals surface area contributed by atoms with Crippen LogP contribution in [-0.2, 0) is 13.0 Å². The van der Waals surface area contributed by atoms with Crippen molar-refractivity contribution < 1.29 is 0 Å². The van der Waals surface area contributed by atoms with Crippen molar-refractivity contribution in [2.24, 2.45) is 0 Å². The summed E-state index contributed by atoms with van der Waals surface area (Å²) in [5.41, 5.74) is 3.90. The van der Waals surface area contributed by atoms with E-state index < -0.39 is 0 Å². The Kier molecular flexibility index (Phi) is 6.14. The maximum Gasteiger partial charge on any atom is 0.224 e. The van der Waals surface area contributed by atoms with Gasteiger partial charge in [0.15, 0.2) is 0 Å². The first-order valence-electron chi connectivity index (χ1n) is 9.22. The van der Waals surface area contributed by atoms with Crippen molar-refractivity contribution in [2.75, 3.05) is 43.9 Å². The molecule has 2 heterocycles. The van der Waals surface area contributed by atoms with Crippen LogP contribution in [0.1, 0.15) is 36.6 Å². The van der Waals surface area contributed by atoms with Crippen LogP contribution in [0.2, 0.25) is 0 Å². The van der Waals surface area contributed by atoms with E-state index in [4.69, 9.17) is 9.97 Å². The zero-order valence-electron chi connectivity index (χ0n) is 16.1. The molecule has 0 unspecified atom stereocenters. The van der Waals surface area contributed by atoms with E-state index in [-0.39, 0.29) is 0 Å². The van der Waals surface area contributed by atoms with Gasteiger partial charge in [-0.1, -0.05) is 35.8 Å². The quantitative estimate of drug-likeness (QED) is 0.771. The first-order valence-corrected chi connectivity index (χ1v) is 10.0. The van der Waals surface area contributed by atoms with Crippen LogP contribution >= 0.6 is 15.9 Å². The van der Waals surface area contributed by atoms with E-state index in [1.165, 1.54) is 11.1 Å². The van der Waals surface area contributed by atoms with Crippen LogP contribution in [-0.4, -0.2) is 48.6 Å². The van der Waals surface area contributed by atoms with Crippen molar-refractivity contribution in [3.8, 4) is 0 Å². The number of aromatic nitrogens is 2. The first kappa shape index (κ1) is 19.1. The van der Waals surface area contributed by atoms with Gasteiger partial charge in [0.2, 0.25) is 5.95 Å². The molecule has 0 amide bonds. The fourth-order valence-electron chi connectivity index (χ4n) is 3.10. The summed E-state index contributed by atoms with van der Waals surface area (Å²) in [6, 6.07) is 8.72. The normalized spacial score (nSPS) is 14.0. The third-order valence-corrected chi connectivity index (χ3v) is 5.16. The van der Waals surface area contributed by atoms with Crippen LogP contribution in [0.3, 0.4) is 0 Å². The van der Waals surface area contributed by atoms with Gasteiger partial charge in [0.25, 0.3) is 0 Å². The minimum atomic E-state index is 0.373. The Labute approximate surface area is 165 Å². The van der Waals surface area contributed by atoms with Gasteiger partial charge in [0.1, 0.15) is 5.82 Å². The molecular weight excluding hydrogens is 390 g/mol. The molecule has 2 aromatic rings. The number of hydrogen-bond acceptors (Lipinski definition) is 5. The summed E-state index contributed by atoms with van der Waals surface area (Å²) in [7, 11) is 4.14. The molecule has 0 aliphatic carbocycles. The van der Waals surface area contributed by atoms with E-state index >= 15 is 0 Å². The summed E-state index contributed by atoms with van der Waals surface area (Å²) in [4.78, 5) is 14.0. The van der Waals surface area contributed by atoms with Crippen LogP contribution < -0.4 is 10.2 Å². The second-order valence-corrected chi connectivity index (χ2v) is 8.36. The van der Waals surface area contributed by atoms with E-state index in [0.717, 1.165) is 54.5 Å². The van der Waals surface area contributed by atoms with Gasteiger partial charge in [0, 0.05) is 36.7 Å². The standard InChI is InChI=1S/C20H28BrN5/c1-14(2)18-12-19(24-20(23-18)22-8-10-25(3)4)26-9-7-15-5-6-17(21)11-16(15)13-26/h5-6,11-12,14H,7-10,13H2,1-4H3,(H,22,23,24). The van der Waals surface area contributed by atoms with Crippen LogP contribution in [0.4, 0.5) is 11.8 Å². The number of anilines is 2. The average Bonchev–Trinajstić information content (AvgIpc) is 2.60. The molecule has 1 N–H and O–H groups in total. The molecule has 0 saturated heterocycles. The van der Waals surface area contributed by atoms with Crippen LogP contribution in [0.25, 0.3) is 0 Å². The predicted octanol–water partition coefficient (Wildman–Crippen LogP) is 3.90. The Morgan fingerprint density at radius 2 is 2.00 bits per heavy atom. The summed E-state index contributed by atoms with van der Waals surface area (Å²) >= 11 is 3.59. The minimum Gasteiger partial charge on any atom is -0.353 e. The van der Waals surface area contributed by atoms with Crippen LogP contribution in [0, 0.1) is 0 Å². The van der Waals surface area contributed by atoms with Crippen molar-refractivity contribution in [1.82, 2.24) is 14.9 Å². The zero-order valence-corrected chi connectivity index (χ0v) is 17.7. The number of likely N-dealkylation sites (N-methyl/N-ethyl adjacent to an activating group) is 1. The highest BCUT2D eigenvalue weighted by Gasteiger charge is 2.19. The van der Waals surface area contributed by atoms with Gasteiger partial charge >= 0.3 is 0 Å². The van der Waals surface area contributed by atoms with Crippen molar-refractivity contribution >= 4 is 27.7 Å². The third kappa shape index (κ3) is 4.74. The molecule has 0 radical (unpaired) electrons. The van der Waals surface area contributed by atoms with E-state index in [2.05, 4.69) is 83.3 Å². The highest BCUT2D eigenvalue weighted by atomic mass is 79.9. The minimum absolute atomic E-state index is 0.373. The fraction of sp³-hybridized carbons (Fsp3) is 0.500. The average molecular weight is 418 g/mol. The number of rotatable bonds is 6. The summed E-state index contributed by atoms with van der Waals surface area (Å²) in [5, 5.41) is 3.38. The lowest BCUT2D eigenvalue weighted by Crippen LogP contribution is -2.31. The maximum absolute atomic E-state index is 4.81. The summed E-state index contributed by atoms with van der Waals surface area (Å²) < 4.78 is 1.13. The van der Waals surface area contributed by atoms with E-state index in [9.17, 15) is 0 Å². The van der Waals surface area contributed by atoms with Crippen LogP contribution in [0.5, 0.6) is 0 Å². The molecule has 3 rings (SSSR count). The molecule has 1 aliphatic rings. The molecule has 0 atom stereocenters. The van der Waals surface area contributed by atoms with E-state index in [1.54, 1.807) is 0 Å². The lowest BCUT2D eigenvalue weighted by atomic mass is 10.00. The van der Waals surface area contributed by atoms with Gasteiger partial charge in [0.05, 0.1) is 5.69 Å². The van der Waals surface area contributed by atoms with Crippen molar-refractivity contribution in [3.05, 3.63) is 45.6 Å². The second-order valence-electron chi connectivity index (χ2n) is 7.44. The van der Waals surface area contributed by atoms with Crippen LogP contribution in [0.15, 0.2) is 28.7 Å². The molecule has 1 aliphatic heterocycles. The summed E-state index contributed by atoms with van der Waals surface area (Å²) in [6.07, 6.45) is 1.05. The Hall–Kier alpha value is -1.66. The number of halogens is 1. The number of fused-ring (bicyclic) bond motifs is 1. The monoisotopic (exact) mass is 417 g/mol.